The Morgan fingerprint density at radius 3 is 2.24 bits per heavy atom. The van der Waals surface area contributed by atoms with E-state index in [0.717, 1.165) is 18.4 Å². The molecule has 0 saturated heterocycles. The zero-order valence-electron chi connectivity index (χ0n) is 14.2. The van der Waals surface area contributed by atoms with Gasteiger partial charge < -0.3 is 11.1 Å². The zero-order valence-corrected chi connectivity index (χ0v) is 15.0. The summed E-state index contributed by atoms with van der Waals surface area (Å²) in [5, 5.41) is 2.98. The second-order valence-electron chi connectivity index (χ2n) is 6.39. The molecule has 0 aromatic heterocycles. The third kappa shape index (κ3) is 4.47. The first-order chi connectivity index (χ1) is 11.6. The molecule has 0 spiro atoms. The summed E-state index contributed by atoms with van der Waals surface area (Å²) >= 11 is 0. The summed E-state index contributed by atoms with van der Waals surface area (Å²) < 4.78 is 0. The molecule has 1 fully saturated rings. The van der Waals surface area contributed by atoms with Gasteiger partial charge in [-0.1, -0.05) is 48.0 Å². The van der Waals surface area contributed by atoms with Gasteiger partial charge in [0.2, 0.25) is 0 Å². The molecule has 2 aromatic rings. The fraction of sp³-hybridized carbons (Fsp3) is 0.300. The lowest BCUT2D eigenvalue weighted by atomic mass is 9.97. The van der Waals surface area contributed by atoms with E-state index in [1.165, 1.54) is 0 Å². The third-order valence-electron chi connectivity index (χ3n) is 4.49. The zero-order chi connectivity index (χ0) is 17.1. The fourth-order valence-electron chi connectivity index (χ4n) is 2.85. The molecule has 25 heavy (non-hydrogen) atoms. The van der Waals surface area contributed by atoms with Crippen LogP contribution >= 0.6 is 12.4 Å². The number of ketones is 1. The van der Waals surface area contributed by atoms with Gasteiger partial charge >= 0.3 is 0 Å². The number of hydrogen-bond acceptors (Lipinski definition) is 3. The van der Waals surface area contributed by atoms with E-state index in [1.54, 1.807) is 36.4 Å². The van der Waals surface area contributed by atoms with E-state index in [9.17, 15) is 9.59 Å². The first kappa shape index (κ1) is 19.2. The molecule has 132 valence electrons. The lowest BCUT2D eigenvalue weighted by Crippen LogP contribution is -2.42. The minimum atomic E-state index is -0.228. The van der Waals surface area contributed by atoms with E-state index in [2.05, 4.69) is 5.32 Å². The van der Waals surface area contributed by atoms with Crippen molar-refractivity contribution in [3.05, 3.63) is 70.8 Å². The van der Waals surface area contributed by atoms with Crippen LogP contribution in [0.25, 0.3) is 0 Å². The maximum atomic E-state index is 12.8. The van der Waals surface area contributed by atoms with Crippen LogP contribution in [0.3, 0.4) is 0 Å². The molecule has 1 aliphatic carbocycles. The van der Waals surface area contributed by atoms with Crippen molar-refractivity contribution >= 4 is 24.1 Å². The first-order valence-corrected chi connectivity index (χ1v) is 8.31. The third-order valence-corrected chi connectivity index (χ3v) is 4.49. The molecule has 1 unspecified atom stereocenters. The first-order valence-electron chi connectivity index (χ1n) is 8.31. The summed E-state index contributed by atoms with van der Waals surface area (Å²) in [5.74, 6) is 0.101. The van der Waals surface area contributed by atoms with Crippen LogP contribution in [0.1, 0.15) is 44.7 Å². The van der Waals surface area contributed by atoms with E-state index in [0.29, 0.717) is 29.2 Å². The predicted octanol–water partition coefficient (Wildman–Crippen LogP) is 3.11. The molecular formula is C20H23ClN2O2. The van der Waals surface area contributed by atoms with Gasteiger partial charge in [0.05, 0.1) is 5.56 Å². The van der Waals surface area contributed by atoms with Crippen LogP contribution < -0.4 is 11.1 Å². The van der Waals surface area contributed by atoms with Gasteiger partial charge in [-0.25, -0.2) is 0 Å². The van der Waals surface area contributed by atoms with Crippen molar-refractivity contribution in [3.63, 3.8) is 0 Å². The van der Waals surface area contributed by atoms with E-state index in [-0.39, 0.29) is 30.1 Å². The quantitative estimate of drug-likeness (QED) is 0.779. The topological polar surface area (TPSA) is 72.2 Å². The van der Waals surface area contributed by atoms with Gasteiger partial charge in [-0.2, -0.15) is 0 Å². The molecule has 5 heteroatoms. The summed E-state index contributed by atoms with van der Waals surface area (Å²) in [6.45, 7) is 2.39. The minimum absolute atomic E-state index is 0. The molecule has 1 saturated carbocycles. The molecule has 0 radical (unpaired) electrons. The smallest absolute Gasteiger partial charge is 0.252 e. The van der Waals surface area contributed by atoms with Gasteiger partial charge in [0, 0.05) is 23.7 Å². The standard InChI is InChI=1S/C20H22N2O2.ClH/c1-13-6-8-15(9-7-13)19(23)16-4-2-3-5-17(16)20(24)22-18(12-21)14-10-11-14;/h2-9,14,18H,10-12,21H2,1H3,(H,22,24);1H. The minimum Gasteiger partial charge on any atom is -0.348 e. The number of nitrogens with one attached hydrogen (secondary N) is 1. The number of aryl methyl sites for hydroxylation is 1. The van der Waals surface area contributed by atoms with Crippen LogP contribution in [-0.2, 0) is 0 Å². The average Bonchev–Trinajstić information content (AvgIpc) is 3.44. The van der Waals surface area contributed by atoms with Crippen molar-refractivity contribution in [3.8, 4) is 0 Å². The van der Waals surface area contributed by atoms with Gasteiger partial charge in [0.1, 0.15) is 0 Å². The van der Waals surface area contributed by atoms with Crippen LogP contribution in [0.2, 0.25) is 0 Å². The Kier molecular flexibility index (Phi) is 6.34. The van der Waals surface area contributed by atoms with Crippen molar-refractivity contribution in [1.29, 1.82) is 0 Å². The molecule has 1 amide bonds. The summed E-state index contributed by atoms with van der Waals surface area (Å²) in [5.41, 5.74) is 8.26. The van der Waals surface area contributed by atoms with Crippen LogP contribution in [0.15, 0.2) is 48.5 Å². The van der Waals surface area contributed by atoms with E-state index in [1.807, 2.05) is 19.1 Å². The highest BCUT2D eigenvalue weighted by atomic mass is 35.5. The molecule has 3 rings (SSSR count). The number of nitrogens with two attached hydrogens (primary N) is 1. The maximum Gasteiger partial charge on any atom is 0.252 e. The van der Waals surface area contributed by atoms with Gasteiger partial charge in [0.15, 0.2) is 5.78 Å². The van der Waals surface area contributed by atoms with Gasteiger partial charge in [0.25, 0.3) is 5.91 Å². The normalized spacial score (nSPS) is 14.3. The molecule has 1 aliphatic rings. The van der Waals surface area contributed by atoms with Crippen molar-refractivity contribution in [1.82, 2.24) is 5.32 Å². The van der Waals surface area contributed by atoms with Crippen LogP contribution in [0.4, 0.5) is 0 Å². The monoisotopic (exact) mass is 358 g/mol. The number of carbonyl (C=O) groups excluding carboxylic acids is 2. The van der Waals surface area contributed by atoms with Gasteiger partial charge in [-0.3, -0.25) is 9.59 Å². The summed E-state index contributed by atoms with van der Waals surface area (Å²) in [6, 6.07) is 14.3. The Morgan fingerprint density at radius 1 is 1.08 bits per heavy atom. The van der Waals surface area contributed by atoms with Crippen molar-refractivity contribution < 1.29 is 9.59 Å². The summed E-state index contributed by atoms with van der Waals surface area (Å²) in [6.07, 6.45) is 2.21. The maximum absolute atomic E-state index is 12.8. The SMILES string of the molecule is Cc1ccc(C(=O)c2ccccc2C(=O)NC(CN)C2CC2)cc1.Cl. The van der Waals surface area contributed by atoms with Crippen LogP contribution in [0, 0.1) is 12.8 Å². The van der Waals surface area contributed by atoms with E-state index >= 15 is 0 Å². The Balaban J connectivity index is 0.00000225. The van der Waals surface area contributed by atoms with Gasteiger partial charge in [-0.15, -0.1) is 12.4 Å². The van der Waals surface area contributed by atoms with Gasteiger partial charge in [-0.05, 0) is 31.7 Å². The van der Waals surface area contributed by atoms with Crippen molar-refractivity contribution in [2.45, 2.75) is 25.8 Å². The molecule has 0 heterocycles. The molecular weight excluding hydrogens is 336 g/mol. The predicted molar refractivity (Wildman–Crippen MR) is 101 cm³/mol. The second-order valence-corrected chi connectivity index (χ2v) is 6.39. The number of hydrogen-bond donors (Lipinski definition) is 2. The fourth-order valence-corrected chi connectivity index (χ4v) is 2.85. The summed E-state index contributed by atoms with van der Waals surface area (Å²) in [7, 11) is 0. The van der Waals surface area contributed by atoms with E-state index in [4.69, 9.17) is 5.73 Å². The summed E-state index contributed by atoms with van der Waals surface area (Å²) in [4.78, 5) is 25.4. The highest BCUT2D eigenvalue weighted by Crippen LogP contribution is 2.32. The Labute approximate surface area is 154 Å². The van der Waals surface area contributed by atoms with Crippen molar-refractivity contribution in [2.24, 2.45) is 11.7 Å². The van der Waals surface area contributed by atoms with Crippen molar-refractivity contribution in [2.75, 3.05) is 6.54 Å². The highest BCUT2D eigenvalue weighted by molar-refractivity contribution is 6.15. The number of amides is 1. The van der Waals surface area contributed by atoms with E-state index < -0.39 is 0 Å². The number of halogens is 1. The molecule has 1 atom stereocenters. The Hall–Kier alpha value is -2.17. The molecule has 0 aliphatic heterocycles. The molecule has 0 bridgehead atoms. The molecule has 2 aromatic carbocycles. The van der Waals surface area contributed by atoms with Crippen LogP contribution in [0.5, 0.6) is 0 Å². The number of carbonyl (C=O) groups is 2. The number of benzene rings is 2. The largest absolute Gasteiger partial charge is 0.348 e. The average molecular weight is 359 g/mol. The lowest BCUT2D eigenvalue weighted by molar-refractivity contribution is 0.0923. The lowest BCUT2D eigenvalue weighted by Gasteiger charge is -2.17. The number of rotatable bonds is 6. The second kappa shape index (κ2) is 8.28. The molecule has 3 N–H and O–H groups in total. The van der Waals surface area contributed by atoms with Crippen LogP contribution in [-0.4, -0.2) is 24.3 Å². The molecule has 4 nitrogen and oxygen atoms in total. The Morgan fingerprint density at radius 2 is 1.68 bits per heavy atom. The Bertz CT molecular complexity index is 755. The highest BCUT2D eigenvalue weighted by Gasteiger charge is 2.32.